The van der Waals surface area contributed by atoms with Crippen LogP contribution in [0.25, 0.3) is 11.1 Å². The molecule has 9 heteroatoms. The van der Waals surface area contributed by atoms with Crippen LogP contribution >= 0.6 is 23.2 Å². The Labute approximate surface area is 244 Å². The lowest BCUT2D eigenvalue weighted by atomic mass is 9.97. The van der Waals surface area contributed by atoms with E-state index in [-0.39, 0.29) is 30.3 Å². The second-order valence-electron chi connectivity index (χ2n) is 10.3. The minimum atomic E-state index is -0.386. The first kappa shape index (κ1) is 28.4. The summed E-state index contributed by atoms with van der Waals surface area (Å²) in [6.07, 6.45) is 3.49. The standard InChI is InChI=1S/C31H32Cl2FN3O3/c32-27-9-7-25(19-28(27)33)40-20-30(38)35-23-10-14-36(15-11-23)24-12-16-37(17-13-24)31(39)22-6-8-26(29(34)18-22)21-4-2-1-3-5-21/h1-9,18-19,23-24H,10-17,20H2,(H,35,38). The molecule has 0 bridgehead atoms. The number of carbonyl (C=O) groups is 2. The highest BCUT2D eigenvalue weighted by Crippen LogP contribution is 2.27. The molecule has 40 heavy (non-hydrogen) atoms. The number of likely N-dealkylation sites (tertiary alicyclic amines) is 2. The fraction of sp³-hybridized carbons (Fsp3) is 0.355. The molecule has 0 saturated carbocycles. The Kier molecular flexibility index (Phi) is 9.25. The number of hydrogen-bond donors (Lipinski definition) is 1. The summed E-state index contributed by atoms with van der Waals surface area (Å²) in [5.41, 5.74) is 1.67. The van der Waals surface area contributed by atoms with Gasteiger partial charge in [0.15, 0.2) is 6.61 Å². The lowest BCUT2D eigenvalue weighted by Crippen LogP contribution is -2.52. The summed E-state index contributed by atoms with van der Waals surface area (Å²) in [6, 6.07) is 19.5. The zero-order valence-corrected chi connectivity index (χ0v) is 23.6. The van der Waals surface area contributed by atoms with E-state index in [2.05, 4.69) is 10.2 Å². The Bertz CT molecular complexity index is 1340. The first-order chi connectivity index (χ1) is 19.4. The van der Waals surface area contributed by atoms with Gasteiger partial charge in [0.1, 0.15) is 11.6 Å². The number of hydrogen-bond acceptors (Lipinski definition) is 4. The number of rotatable bonds is 7. The van der Waals surface area contributed by atoms with E-state index in [1.807, 2.05) is 35.2 Å². The highest BCUT2D eigenvalue weighted by Gasteiger charge is 2.30. The second-order valence-corrected chi connectivity index (χ2v) is 11.1. The quantitative estimate of drug-likeness (QED) is 0.367. The maximum Gasteiger partial charge on any atom is 0.258 e. The first-order valence-corrected chi connectivity index (χ1v) is 14.4. The third-order valence-electron chi connectivity index (χ3n) is 7.72. The topological polar surface area (TPSA) is 61.9 Å². The molecule has 0 aromatic heterocycles. The van der Waals surface area contributed by atoms with Crippen LogP contribution in [0.4, 0.5) is 4.39 Å². The average Bonchev–Trinajstić information content (AvgIpc) is 2.98. The molecule has 6 nitrogen and oxygen atoms in total. The molecule has 1 N–H and O–H groups in total. The smallest absolute Gasteiger partial charge is 0.258 e. The number of carbonyl (C=O) groups excluding carboxylic acids is 2. The summed E-state index contributed by atoms with van der Waals surface area (Å²) in [5, 5.41) is 3.88. The Morgan fingerprint density at radius 1 is 0.875 bits per heavy atom. The van der Waals surface area contributed by atoms with E-state index in [1.54, 1.807) is 30.3 Å². The van der Waals surface area contributed by atoms with Crippen molar-refractivity contribution in [3.8, 4) is 16.9 Å². The summed E-state index contributed by atoms with van der Waals surface area (Å²) in [6.45, 7) is 3.00. The van der Waals surface area contributed by atoms with Gasteiger partial charge < -0.3 is 19.9 Å². The molecule has 2 heterocycles. The highest BCUT2D eigenvalue weighted by molar-refractivity contribution is 6.42. The first-order valence-electron chi connectivity index (χ1n) is 13.6. The van der Waals surface area contributed by atoms with Gasteiger partial charge in [-0.1, -0.05) is 59.6 Å². The Morgan fingerprint density at radius 2 is 1.60 bits per heavy atom. The fourth-order valence-corrected chi connectivity index (χ4v) is 5.80. The zero-order valence-electron chi connectivity index (χ0n) is 22.1. The molecular weight excluding hydrogens is 552 g/mol. The third kappa shape index (κ3) is 6.95. The SMILES string of the molecule is O=C(COc1ccc(Cl)c(Cl)c1)NC1CCN(C2CCN(C(=O)c3ccc(-c4ccccc4)c(F)c3)CC2)CC1. The zero-order chi connectivity index (χ0) is 28.1. The largest absolute Gasteiger partial charge is 0.484 e. The van der Waals surface area contributed by atoms with Crippen molar-refractivity contribution < 1.29 is 18.7 Å². The maximum atomic E-state index is 14.8. The summed E-state index contributed by atoms with van der Waals surface area (Å²) >= 11 is 11.9. The molecule has 2 aliphatic heterocycles. The van der Waals surface area contributed by atoms with Crippen LogP contribution in [0.15, 0.2) is 66.7 Å². The van der Waals surface area contributed by atoms with Crippen molar-refractivity contribution in [1.82, 2.24) is 15.1 Å². The maximum absolute atomic E-state index is 14.8. The Hall–Kier alpha value is -3.13. The molecule has 5 rings (SSSR count). The molecular formula is C31H32Cl2FN3O3. The van der Waals surface area contributed by atoms with Crippen LogP contribution in [0.1, 0.15) is 36.0 Å². The number of benzene rings is 3. The Balaban J connectivity index is 1.05. The van der Waals surface area contributed by atoms with Crippen LogP contribution in [-0.2, 0) is 4.79 Å². The normalized spacial score (nSPS) is 17.0. The average molecular weight is 585 g/mol. The van der Waals surface area contributed by atoms with Gasteiger partial charge in [0.25, 0.3) is 11.8 Å². The van der Waals surface area contributed by atoms with Crippen LogP contribution in [-0.4, -0.2) is 66.5 Å². The predicted octanol–water partition coefficient (Wildman–Crippen LogP) is 6.06. The van der Waals surface area contributed by atoms with Gasteiger partial charge in [0.2, 0.25) is 0 Å². The Morgan fingerprint density at radius 3 is 2.27 bits per heavy atom. The molecule has 0 spiro atoms. The number of ether oxygens (including phenoxy) is 1. The van der Waals surface area contributed by atoms with Crippen molar-refractivity contribution >= 4 is 35.0 Å². The molecule has 2 saturated heterocycles. The molecule has 0 aliphatic carbocycles. The summed E-state index contributed by atoms with van der Waals surface area (Å²) in [4.78, 5) is 29.8. The number of piperidine rings is 2. The van der Waals surface area contributed by atoms with Crippen molar-refractivity contribution in [1.29, 1.82) is 0 Å². The summed E-state index contributed by atoms with van der Waals surface area (Å²) in [7, 11) is 0. The van der Waals surface area contributed by atoms with Gasteiger partial charge in [-0.15, -0.1) is 0 Å². The highest BCUT2D eigenvalue weighted by atomic mass is 35.5. The van der Waals surface area contributed by atoms with Crippen molar-refractivity contribution in [3.05, 3.63) is 88.2 Å². The van der Waals surface area contributed by atoms with Crippen molar-refractivity contribution in [2.45, 2.75) is 37.8 Å². The molecule has 3 aromatic carbocycles. The second kappa shape index (κ2) is 13.0. The van der Waals surface area contributed by atoms with E-state index in [9.17, 15) is 14.0 Å². The van der Waals surface area contributed by atoms with Gasteiger partial charge in [0.05, 0.1) is 10.0 Å². The van der Waals surface area contributed by atoms with Crippen LogP contribution in [0.5, 0.6) is 5.75 Å². The van der Waals surface area contributed by atoms with Gasteiger partial charge in [-0.25, -0.2) is 4.39 Å². The van der Waals surface area contributed by atoms with Gasteiger partial charge in [-0.2, -0.15) is 0 Å². The van der Waals surface area contributed by atoms with Gasteiger partial charge in [-0.3, -0.25) is 9.59 Å². The number of halogens is 3. The lowest BCUT2D eigenvalue weighted by Gasteiger charge is -2.42. The number of nitrogens with zero attached hydrogens (tertiary/aromatic N) is 2. The monoisotopic (exact) mass is 583 g/mol. The van der Waals surface area contributed by atoms with E-state index in [1.165, 1.54) is 6.07 Å². The molecule has 0 atom stereocenters. The van der Waals surface area contributed by atoms with Crippen LogP contribution in [0.2, 0.25) is 10.0 Å². The van der Waals surface area contributed by atoms with Gasteiger partial charge >= 0.3 is 0 Å². The molecule has 210 valence electrons. The number of nitrogens with one attached hydrogen (secondary N) is 1. The van der Waals surface area contributed by atoms with Crippen molar-refractivity contribution in [2.24, 2.45) is 0 Å². The minimum absolute atomic E-state index is 0.0798. The van der Waals surface area contributed by atoms with Crippen LogP contribution in [0, 0.1) is 5.82 Å². The molecule has 2 amide bonds. The van der Waals surface area contributed by atoms with Crippen LogP contribution in [0.3, 0.4) is 0 Å². The van der Waals surface area contributed by atoms with E-state index >= 15 is 0 Å². The number of amides is 2. The van der Waals surface area contributed by atoms with Crippen molar-refractivity contribution in [2.75, 3.05) is 32.8 Å². The van der Waals surface area contributed by atoms with Gasteiger partial charge in [0, 0.05) is 55.5 Å². The van der Waals surface area contributed by atoms with Gasteiger partial charge in [-0.05, 0) is 55.5 Å². The minimum Gasteiger partial charge on any atom is -0.484 e. The van der Waals surface area contributed by atoms with E-state index in [0.29, 0.717) is 46.1 Å². The van der Waals surface area contributed by atoms with E-state index in [4.69, 9.17) is 27.9 Å². The summed E-state index contributed by atoms with van der Waals surface area (Å²) < 4.78 is 20.3. The molecule has 0 radical (unpaired) electrons. The van der Waals surface area contributed by atoms with Crippen LogP contribution < -0.4 is 10.1 Å². The summed E-state index contributed by atoms with van der Waals surface area (Å²) in [5.74, 6) is -0.174. The van der Waals surface area contributed by atoms with E-state index < -0.39 is 0 Å². The third-order valence-corrected chi connectivity index (χ3v) is 8.46. The van der Waals surface area contributed by atoms with E-state index in [0.717, 1.165) is 44.3 Å². The molecule has 0 unspecified atom stereocenters. The molecule has 3 aromatic rings. The predicted molar refractivity (Wildman–Crippen MR) is 155 cm³/mol. The fourth-order valence-electron chi connectivity index (χ4n) is 5.51. The lowest BCUT2D eigenvalue weighted by molar-refractivity contribution is -0.124. The van der Waals surface area contributed by atoms with Crippen molar-refractivity contribution in [3.63, 3.8) is 0 Å². The molecule has 2 aliphatic rings. The molecule has 2 fully saturated rings.